The number of sulfonamides is 1. The molecule has 1 unspecified atom stereocenters. The van der Waals surface area contributed by atoms with Crippen LogP contribution in [0.1, 0.15) is 19.8 Å². The Kier molecular flexibility index (Phi) is 4.08. The molecule has 2 N–H and O–H groups in total. The number of halogens is 3. The van der Waals surface area contributed by atoms with E-state index in [4.69, 9.17) is 0 Å². The molecule has 1 heterocycles. The summed E-state index contributed by atoms with van der Waals surface area (Å²) in [5, 5.41) is 3.12. The van der Waals surface area contributed by atoms with Gasteiger partial charge >= 0.3 is 0 Å². The predicted octanol–water partition coefficient (Wildman–Crippen LogP) is 1.52. The highest BCUT2D eigenvalue weighted by molar-refractivity contribution is 7.89. The topological polar surface area (TPSA) is 58.2 Å². The molecule has 4 nitrogen and oxygen atoms in total. The smallest absolute Gasteiger partial charge is 0.246 e. The van der Waals surface area contributed by atoms with E-state index in [1.165, 1.54) is 0 Å². The van der Waals surface area contributed by atoms with Crippen molar-refractivity contribution in [3.63, 3.8) is 0 Å². The summed E-state index contributed by atoms with van der Waals surface area (Å²) in [6.07, 6.45) is 1.65. The molecule has 1 aliphatic rings. The molecule has 0 spiro atoms. The first-order valence-corrected chi connectivity index (χ1v) is 7.61. The fourth-order valence-electron chi connectivity index (χ4n) is 2.22. The van der Waals surface area contributed by atoms with Crippen molar-refractivity contribution in [3.05, 3.63) is 29.6 Å². The minimum absolute atomic E-state index is 0.00555. The van der Waals surface area contributed by atoms with Gasteiger partial charge in [0.2, 0.25) is 10.0 Å². The van der Waals surface area contributed by atoms with E-state index in [1.54, 1.807) is 0 Å². The summed E-state index contributed by atoms with van der Waals surface area (Å²) in [6, 6.07) is 0.681. The summed E-state index contributed by atoms with van der Waals surface area (Å²) in [5.41, 5.74) is -0.444. The highest BCUT2D eigenvalue weighted by atomic mass is 32.2. The third-order valence-corrected chi connectivity index (χ3v) is 4.79. The van der Waals surface area contributed by atoms with Crippen LogP contribution in [0.5, 0.6) is 0 Å². The van der Waals surface area contributed by atoms with E-state index in [2.05, 4.69) is 10.0 Å². The van der Waals surface area contributed by atoms with Gasteiger partial charge in [-0.1, -0.05) is 0 Å². The summed E-state index contributed by atoms with van der Waals surface area (Å²) < 4.78 is 65.8. The highest BCUT2D eigenvalue weighted by Crippen LogP contribution is 2.22. The Morgan fingerprint density at radius 3 is 2.40 bits per heavy atom. The molecule has 0 radical (unpaired) electrons. The fraction of sp³-hybridized carbons (Fsp3) is 0.500. The van der Waals surface area contributed by atoms with Gasteiger partial charge in [0.25, 0.3) is 0 Å². The molecule has 1 fully saturated rings. The lowest BCUT2D eigenvalue weighted by Crippen LogP contribution is -2.47. The Hall–Kier alpha value is -1.12. The van der Waals surface area contributed by atoms with Crippen LogP contribution in [-0.2, 0) is 10.0 Å². The number of rotatable bonds is 4. The van der Waals surface area contributed by atoms with Gasteiger partial charge in [0.1, 0.15) is 17.5 Å². The molecule has 2 rings (SSSR count). The SMILES string of the molecule is CC1(CNS(=O)(=O)c2c(F)cc(F)cc2F)CCCN1. The van der Waals surface area contributed by atoms with Crippen LogP contribution < -0.4 is 10.0 Å². The lowest BCUT2D eigenvalue weighted by Gasteiger charge is -2.24. The molecule has 0 aliphatic carbocycles. The van der Waals surface area contributed by atoms with Crippen molar-refractivity contribution < 1.29 is 21.6 Å². The molecule has 0 aromatic heterocycles. The molecule has 1 aliphatic heterocycles. The van der Waals surface area contributed by atoms with E-state index in [9.17, 15) is 21.6 Å². The Bertz CT molecular complexity index is 590. The molecule has 1 atom stereocenters. The maximum atomic E-state index is 13.5. The van der Waals surface area contributed by atoms with Gasteiger partial charge in [0.15, 0.2) is 4.90 Å². The van der Waals surface area contributed by atoms with Gasteiger partial charge in [-0.25, -0.2) is 26.3 Å². The summed E-state index contributed by atoms with van der Waals surface area (Å²) in [5.74, 6) is -4.05. The average Bonchev–Trinajstić information content (AvgIpc) is 2.73. The van der Waals surface area contributed by atoms with Crippen LogP contribution in [0.15, 0.2) is 17.0 Å². The van der Waals surface area contributed by atoms with Crippen LogP contribution in [0.25, 0.3) is 0 Å². The number of hydrogen-bond acceptors (Lipinski definition) is 3. The van der Waals surface area contributed by atoms with Crippen LogP contribution in [-0.4, -0.2) is 27.0 Å². The van der Waals surface area contributed by atoms with Crippen molar-refractivity contribution >= 4 is 10.0 Å². The molecule has 1 aromatic carbocycles. The Morgan fingerprint density at radius 2 is 1.90 bits per heavy atom. The molecule has 0 saturated carbocycles. The van der Waals surface area contributed by atoms with E-state index in [-0.39, 0.29) is 6.54 Å². The van der Waals surface area contributed by atoms with Crippen LogP contribution in [0.4, 0.5) is 13.2 Å². The van der Waals surface area contributed by atoms with E-state index in [1.807, 2.05) is 6.92 Å². The minimum Gasteiger partial charge on any atom is -0.310 e. The highest BCUT2D eigenvalue weighted by Gasteiger charge is 2.32. The summed E-state index contributed by atoms with van der Waals surface area (Å²) in [4.78, 5) is -1.15. The fourth-order valence-corrected chi connectivity index (χ4v) is 3.50. The van der Waals surface area contributed by atoms with Gasteiger partial charge in [-0.15, -0.1) is 0 Å². The molecule has 0 bridgehead atoms. The second-order valence-electron chi connectivity index (χ2n) is 5.11. The van der Waals surface area contributed by atoms with Crippen LogP contribution in [0, 0.1) is 17.5 Å². The van der Waals surface area contributed by atoms with E-state index >= 15 is 0 Å². The standard InChI is InChI=1S/C12H15F3N2O2S/c1-12(3-2-4-16-12)7-17-20(18,19)11-9(14)5-8(13)6-10(11)15/h5-6,16-17H,2-4,7H2,1H3. The van der Waals surface area contributed by atoms with Gasteiger partial charge in [-0.05, 0) is 26.3 Å². The predicted molar refractivity (Wildman–Crippen MR) is 67.1 cm³/mol. The Morgan fingerprint density at radius 1 is 1.30 bits per heavy atom. The van der Waals surface area contributed by atoms with Crippen molar-refractivity contribution in [2.24, 2.45) is 0 Å². The van der Waals surface area contributed by atoms with E-state index in [0.29, 0.717) is 12.1 Å². The Balaban J connectivity index is 2.23. The zero-order chi connectivity index (χ0) is 15.0. The molecule has 1 aromatic rings. The first-order valence-electron chi connectivity index (χ1n) is 6.13. The molecule has 1 saturated heterocycles. The van der Waals surface area contributed by atoms with Crippen molar-refractivity contribution in [3.8, 4) is 0 Å². The number of nitrogens with one attached hydrogen (secondary N) is 2. The summed E-state index contributed by atoms with van der Waals surface area (Å²) in [7, 11) is -4.37. The number of benzene rings is 1. The molecule has 8 heteroatoms. The van der Waals surface area contributed by atoms with Crippen molar-refractivity contribution in [2.75, 3.05) is 13.1 Å². The monoisotopic (exact) mass is 308 g/mol. The summed E-state index contributed by atoms with van der Waals surface area (Å²) >= 11 is 0. The summed E-state index contributed by atoms with van der Waals surface area (Å²) in [6.45, 7) is 2.59. The Labute approximate surface area is 115 Å². The van der Waals surface area contributed by atoms with Crippen molar-refractivity contribution in [1.29, 1.82) is 0 Å². The van der Waals surface area contributed by atoms with Crippen molar-refractivity contribution in [1.82, 2.24) is 10.0 Å². The molecule has 0 amide bonds. The molecular formula is C12H15F3N2O2S. The van der Waals surface area contributed by atoms with Crippen molar-refractivity contribution in [2.45, 2.75) is 30.2 Å². The van der Waals surface area contributed by atoms with Crippen LogP contribution in [0.2, 0.25) is 0 Å². The zero-order valence-electron chi connectivity index (χ0n) is 10.8. The number of hydrogen-bond donors (Lipinski definition) is 2. The minimum atomic E-state index is -4.37. The van der Waals surface area contributed by atoms with Gasteiger partial charge in [-0.3, -0.25) is 0 Å². The second-order valence-corrected chi connectivity index (χ2v) is 6.82. The van der Waals surface area contributed by atoms with Crippen LogP contribution in [0.3, 0.4) is 0 Å². The largest absolute Gasteiger partial charge is 0.310 e. The molecule has 20 heavy (non-hydrogen) atoms. The lowest BCUT2D eigenvalue weighted by molar-refractivity contribution is 0.407. The van der Waals surface area contributed by atoms with Gasteiger partial charge in [0.05, 0.1) is 0 Å². The first-order chi connectivity index (χ1) is 9.23. The van der Waals surface area contributed by atoms with Gasteiger partial charge in [-0.2, -0.15) is 0 Å². The second kappa shape index (κ2) is 5.34. The normalized spacial score (nSPS) is 23.2. The van der Waals surface area contributed by atoms with Gasteiger partial charge < -0.3 is 5.32 Å². The lowest BCUT2D eigenvalue weighted by atomic mass is 10.0. The van der Waals surface area contributed by atoms with E-state index in [0.717, 1.165) is 19.4 Å². The maximum Gasteiger partial charge on any atom is 0.246 e. The quantitative estimate of drug-likeness (QED) is 0.887. The van der Waals surface area contributed by atoms with E-state index < -0.39 is 37.9 Å². The zero-order valence-corrected chi connectivity index (χ0v) is 11.7. The third-order valence-electron chi connectivity index (χ3n) is 3.34. The maximum absolute atomic E-state index is 13.5. The van der Waals surface area contributed by atoms with Crippen LogP contribution >= 0.6 is 0 Å². The van der Waals surface area contributed by atoms with Gasteiger partial charge in [0, 0.05) is 24.2 Å². The average molecular weight is 308 g/mol. The third kappa shape index (κ3) is 3.13. The first kappa shape index (κ1) is 15.3. The molecular weight excluding hydrogens is 293 g/mol. The molecule has 112 valence electrons.